The number of hydrogen-bond acceptors (Lipinski definition) is 5. The van der Waals surface area contributed by atoms with Crippen molar-refractivity contribution in [2.24, 2.45) is 0 Å². The van der Waals surface area contributed by atoms with Crippen molar-refractivity contribution in [2.75, 3.05) is 59.7 Å². The minimum Gasteiger partial charge on any atom is -0.345 e. The molecule has 0 atom stereocenters. The molecule has 0 saturated heterocycles. The number of hydrogen-bond donors (Lipinski definition) is 0. The fourth-order valence-corrected chi connectivity index (χ4v) is 21.6. The maximum Gasteiger partial charge on any atom is 0.0699 e. The van der Waals surface area contributed by atoms with Gasteiger partial charge in [0.1, 0.15) is 0 Å². The highest BCUT2D eigenvalue weighted by molar-refractivity contribution is 6.16. The predicted molar refractivity (Wildman–Crippen MR) is 621 cm³/mol. The standard InChI is InChI=1S/2C29H22N2.C27H24N2.2C25H20N2/c1-30(21-11-3-2-4-12-21)26-19-9-16-25-22(26)15-10-20-29(25)31-27-17-7-5-13-23(27)24-14-6-8-18-28(24)31;1-30(21-11-3-2-4-12-21)26-19-20-29(23-14-6-5-13-22(23)26)31-27-17-9-7-15-24(27)25-16-8-10-18-28(25)31;1-19-18-27(20(2)17-26(19)28(3)21-11-5-4-6-12-21)29-24-15-9-7-13-22(24)23-14-8-10-16-25(23)29;1-26(19-11-3-2-4-12-19)24-17-9-10-18-25(24)27-22-15-7-5-13-20(22)21-14-6-8-16-23(21)27;1-26(19-10-3-2-4-11-19)20-12-9-13-21(18-20)27-24-16-7-5-14-22(24)23-15-6-8-17-25(23)27/h2*2-20H,1H3;4-18H,1-3H3;2*2-18H,1H3. The topological polar surface area (TPSA) is 40.9 Å². The molecule has 0 unspecified atom stereocenters. The van der Waals surface area contributed by atoms with Gasteiger partial charge in [-0.05, 0) is 213 Å². The average molecular weight is 1870 g/mol. The van der Waals surface area contributed by atoms with Crippen LogP contribution in [0.15, 0.2) is 528 Å². The van der Waals surface area contributed by atoms with Crippen LogP contribution in [0.1, 0.15) is 11.1 Å². The second-order valence-electron chi connectivity index (χ2n) is 37.1. The van der Waals surface area contributed by atoms with Crippen molar-refractivity contribution in [3.63, 3.8) is 0 Å². The molecule has 0 saturated carbocycles. The van der Waals surface area contributed by atoms with Crippen molar-refractivity contribution in [3.8, 4) is 28.4 Å². The molecule has 5 aromatic heterocycles. The molecule has 0 bridgehead atoms. The van der Waals surface area contributed by atoms with Crippen molar-refractivity contribution < 1.29 is 0 Å². The zero-order valence-electron chi connectivity index (χ0n) is 82.2. The zero-order valence-corrected chi connectivity index (χ0v) is 82.2. The Bertz CT molecular complexity index is 8940. The van der Waals surface area contributed by atoms with E-state index in [0.717, 1.165) is 0 Å². The number of fused-ring (bicyclic) bond motifs is 17. The first-order valence-corrected chi connectivity index (χ1v) is 49.7. The molecule has 145 heavy (non-hydrogen) atoms. The summed E-state index contributed by atoms with van der Waals surface area (Å²) in [6, 6.07) is 187. The van der Waals surface area contributed by atoms with Gasteiger partial charge in [-0.2, -0.15) is 0 Å². The molecule has 0 spiro atoms. The van der Waals surface area contributed by atoms with Crippen LogP contribution in [0, 0.1) is 13.8 Å². The second-order valence-corrected chi connectivity index (χ2v) is 37.1. The van der Waals surface area contributed by atoms with Crippen LogP contribution < -0.4 is 24.5 Å². The van der Waals surface area contributed by atoms with Gasteiger partial charge >= 0.3 is 0 Å². The van der Waals surface area contributed by atoms with Crippen LogP contribution in [0.25, 0.3) is 159 Å². The third kappa shape index (κ3) is 16.9. The SMILES string of the molecule is CN(c1ccccc1)c1ccc(-n2c3ccccc3c3ccccc32)c2ccccc12.CN(c1ccccc1)c1cccc(-n2c3ccccc3c3ccccc32)c1.CN(c1ccccc1)c1cccc2c(-n3c4ccccc4c4ccccc43)cccc12.CN(c1ccccc1)c1ccccc1-n1c2ccccc2c2ccccc21.Cc1cc(-n2c3ccccc3c3ccccc32)c(C)cc1N(C)c1ccccc1. The summed E-state index contributed by atoms with van der Waals surface area (Å²) in [7, 11) is 10.6. The van der Waals surface area contributed by atoms with E-state index in [-0.39, 0.29) is 0 Å². The van der Waals surface area contributed by atoms with Gasteiger partial charge in [-0.3, -0.25) is 0 Å². The van der Waals surface area contributed by atoms with E-state index in [9.17, 15) is 0 Å². The zero-order chi connectivity index (χ0) is 98.0. The highest BCUT2D eigenvalue weighted by atomic mass is 15.2. The summed E-state index contributed by atoms with van der Waals surface area (Å²) in [5.41, 5.74) is 32.8. The molecule has 0 N–H and O–H groups in total. The molecule has 0 radical (unpaired) electrons. The van der Waals surface area contributed by atoms with E-state index >= 15 is 0 Å². The van der Waals surface area contributed by atoms with E-state index in [1.807, 2.05) is 6.07 Å². The quantitative estimate of drug-likeness (QED) is 0.102. The molecule has 27 rings (SSSR count). The highest BCUT2D eigenvalue weighted by Gasteiger charge is 2.24. The number of anilines is 10. The van der Waals surface area contributed by atoms with Gasteiger partial charge in [-0.1, -0.05) is 340 Å². The summed E-state index contributed by atoms with van der Waals surface area (Å²) < 4.78 is 11.9. The second kappa shape index (κ2) is 39.6. The van der Waals surface area contributed by atoms with Gasteiger partial charge < -0.3 is 47.3 Å². The summed E-state index contributed by atoms with van der Waals surface area (Å²) in [6.07, 6.45) is 0. The number of para-hydroxylation sites is 17. The lowest BCUT2D eigenvalue weighted by Crippen LogP contribution is -2.12. The Morgan fingerprint density at radius 3 is 0.731 bits per heavy atom. The molecule has 22 aromatic carbocycles. The lowest BCUT2D eigenvalue weighted by molar-refractivity contribution is 1.12. The summed E-state index contributed by atoms with van der Waals surface area (Å²) in [5, 5.41) is 17.8. The molecule has 0 fully saturated rings. The van der Waals surface area contributed by atoms with E-state index in [1.165, 1.54) is 227 Å². The van der Waals surface area contributed by atoms with Gasteiger partial charge in [0.15, 0.2) is 0 Å². The van der Waals surface area contributed by atoms with Gasteiger partial charge in [0.25, 0.3) is 0 Å². The molecule has 0 aliphatic carbocycles. The smallest absolute Gasteiger partial charge is 0.0699 e. The minimum atomic E-state index is 1.17. The lowest BCUT2D eigenvalue weighted by atomic mass is 10.0. The summed E-state index contributed by atoms with van der Waals surface area (Å²) >= 11 is 0. The molecular weight excluding hydrogens is 1760 g/mol. The van der Waals surface area contributed by atoms with Crippen LogP contribution in [-0.4, -0.2) is 58.1 Å². The molecular formula is C135H108N10. The van der Waals surface area contributed by atoms with Crippen LogP contribution in [0.3, 0.4) is 0 Å². The van der Waals surface area contributed by atoms with Crippen molar-refractivity contribution >= 4 is 187 Å². The number of aryl methyl sites for hydroxylation is 2. The summed E-state index contributed by atoms with van der Waals surface area (Å²) in [4.78, 5) is 11.3. The maximum absolute atomic E-state index is 2.40. The van der Waals surface area contributed by atoms with Crippen LogP contribution in [-0.2, 0) is 0 Å². The van der Waals surface area contributed by atoms with Crippen molar-refractivity contribution in [1.29, 1.82) is 0 Å². The van der Waals surface area contributed by atoms with E-state index in [4.69, 9.17) is 0 Å². The maximum atomic E-state index is 2.40. The molecule has 698 valence electrons. The number of nitrogens with zero attached hydrogens (tertiary/aromatic N) is 10. The number of benzene rings is 22. The van der Waals surface area contributed by atoms with E-state index < -0.39 is 0 Å². The Balaban J connectivity index is 0.000000100. The van der Waals surface area contributed by atoms with Crippen molar-refractivity contribution in [1.82, 2.24) is 22.8 Å². The summed E-state index contributed by atoms with van der Waals surface area (Å²) in [6.45, 7) is 4.41. The molecule has 10 heteroatoms. The van der Waals surface area contributed by atoms with Gasteiger partial charge in [0.05, 0.1) is 77.9 Å². The molecule has 0 amide bonds. The fraction of sp³-hybridized carbons (Fsp3) is 0.0519. The van der Waals surface area contributed by atoms with E-state index in [0.29, 0.717) is 0 Å². The molecule has 27 aromatic rings. The van der Waals surface area contributed by atoms with E-state index in [2.05, 4.69) is 618 Å². The Morgan fingerprint density at radius 2 is 0.359 bits per heavy atom. The molecule has 5 heterocycles. The van der Waals surface area contributed by atoms with Crippen molar-refractivity contribution in [3.05, 3.63) is 539 Å². The first kappa shape index (κ1) is 90.2. The van der Waals surface area contributed by atoms with Crippen LogP contribution >= 0.6 is 0 Å². The van der Waals surface area contributed by atoms with E-state index in [1.54, 1.807) is 0 Å². The molecule has 10 nitrogen and oxygen atoms in total. The van der Waals surface area contributed by atoms with Gasteiger partial charge in [0.2, 0.25) is 0 Å². The third-order valence-corrected chi connectivity index (χ3v) is 28.7. The minimum absolute atomic E-state index is 1.17. The number of aromatic nitrogens is 5. The molecule has 0 aliphatic rings. The van der Waals surface area contributed by atoms with Crippen LogP contribution in [0.5, 0.6) is 0 Å². The van der Waals surface area contributed by atoms with Crippen LogP contribution in [0.2, 0.25) is 0 Å². The largest absolute Gasteiger partial charge is 0.345 e. The van der Waals surface area contributed by atoms with Crippen LogP contribution in [0.4, 0.5) is 56.9 Å². The van der Waals surface area contributed by atoms with Crippen molar-refractivity contribution in [2.45, 2.75) is 13.8 Å². The lowest BCUT2D eigenvalue weighted by Gasteiger charge is -2.24. The van der Waals surface area contributed by atoms with Gasteiger partial charge in [-0.15, -0.1) is 0 Å². The average Bonchev–Trinajstić information content (AvgIpc) is 2.03. The number of rotatable bonds is 15. The predicted octanol–water partition coefficient (Wildman–Crippen LogP) is 35.7. The first-order chi connectivity index (χ1) is 71.5. The summed E-state index contributed by atoms with van der Waals surface area (Å²) in [5.74, 6) is 0. The Labute approximate surface area is 845 Å². The normalized spacial score (nSPS) is 11.3. The highest BCUT2D eigenvalue weighted by Crippen LogP contribution is 2.46. The first-order valence-electron chi connectivity index (χ1n) is 49.7. The van der Waals surface area contributed by atoms with Gasteiger partial charge in [-0.25, -0.2) is 0 Å². The monoisotopic (exact) mass is 1870 g/mol. The molecule has 0 aliphatic heterocycles. The fourth-order valence-electron chi connectivity index (χ4n) is 21.6. The Kier molecular flexibility index (Phi) is 24.6. The van der Waals surface area contributed by atoms with Gasteiger partial charge in [0, 0.05) is 173 Å². The Morgan fingerprint density at radius 1 is 0.131 bits per heavy atom. The third-order valence-electron chi connectivity index (χ3n) is 28.7. The Hall–Kier alpha value is -18.6.